The van der Waals surface area contributed by atoms with Crippen LogP contribution in [0.4, 0.5) is 4.39 Å². The molecule has 0 aromatic heterocycles. The molecule has 0 heterocycles. The van der Waals surface area contributed by atoms with E-state index in [1.807, 2.05) is 13.8 Å². The normalized spacial score (nSPS) is 11.8. The second-order valence-corrected chi connectivity index (χ2v) is 3.77. The van der Waals surface area contributed by atoms with Gasteiger partial charge in [0.05, 0.1) is 5.60 Å². The van der Waals surface area contributed by atoms with Gasteiger partial charge in [-0.25, -0.2) is 4.39 Å². The number of benzene rings is 1. The van der Waals surface area contributed by atoms with Crippen LogP contribution in [0.15, 0.2) is 18.2 Å². The van der Waals surface area contributed by atoms with Gasteiger partial charge in [-0.3, -0.25) is 0 Å². The fourth-order valence-electron chi connectivity index (χ4n) is 1.49. The molecule has 0 fully saturated rings. The van der Waals surface area contributed by atoms with Crippen LogP contribution in [0.5, 0.6) is 0 Å². The van der Waals surface area contributed by atoms with Crippen LogP contribution in [-0.2, 0) is 5.60 Å². The van der Waals surface area contributed by atoms with E-state index in [4.69, 9.17) is 11.6 Å². The Hall–Kier alpha value is -0.600. The fourth-order valence-corrected chi connectivity index (χ4v) is 1.78. The number of hydrogen-bond donors (Lipinski definition) is 1. The highest BCUT2D eigenvalue weighted by atomic mass is 35.5. The Balaban J connectivity index is 3.22. The number of aliphatic hydroxyl groups is 1. The molecule has 0 unspecified atom stereocenters. The summed E-state index contributed by atoms with van der Waals surface area (Å²) in [5, 5.41) is 10.6. The van der Waals surface area contributed by atoms with Crippen LogP contribution in [0.1, 0.15) is 32.3 Å². The highest BCUT2D eigenvalue weighted by Gasteiger charge is 2.27. The summed E-state index contributed by atoms with van der Waals surface area (Å²) < 4.78 is 13.0. The highest BCUT2D eigenvalue weighted by Crippen LogP contribution is 2.33. The Labute approximate surface area is 88.5 Å². The molecule has 0 aliphatic rings. The SMILES string of the molecule is CCC(O)(CC)c1cc(F)ccc1Cl. The van der Waals surface area contributed by atoms with Gasteiger partial charge in [0.1, 0.15) is 5.82 Å². The molecular formula is C11H14ClFO. The molecule has 0 aliphatic carbocycles. The summed E-state index contributed by atoms with van der Waals surface area (Å²) in [6.45, 7) is 3.70. The van der Waals surface area contributed by atoms with Crippen LogP contribution in [-0.4, -0.2) is 5.11 Å². The van der Waals surface area contributed by atoms with Gasteiger partial charge < -0.3 is 5.11 Å². The predicted octanol–water partition coefficient (Wildman–Crippen LogP) is 3.49. The van der Waals surface area contributed by atoms with Crippen molar-refractivity contribution in [1.29, 1.82) is 0 Å². The molecule has 0 radical (unpaired) electrons. The third-order valence-electron chi connectivity index (χ3n) is 2.60. The Morgan fingerprint density at radius 3 is 2.43 bits per heavy atom. The molecule has 1 nitrogen and oxygen atoms in total. The van der Waals surface area contributed by atoms with Crippen molar-refractivity contribution >= 4 is 11.6 Å². The molecule has 3 heteroatoms. The summed E-state index contributed by atoms with van der Waals surface area (Å²) in [5.41, 5.74) is -0.539. The molecule has 0 spiro atoms. The first-order valence-corrected chi connectivity index (χ1v) is 5.09. The van der Waals surface area contributed by atoms with E-state index >= 15 is 0 Å². The minimum Gasteiger partial charge on any atom is -0.385 e. The van der Waals surface area contributed by atoms with Crippen molar-refractivity contribution in [3.63, 3.8) is 0 Å². The van der Waals surface area contributed by atoms with Crippen molar-refractivity contribution in [3.05, 3.63) is 34.6 Å². The Morgan fingerprint density at radius 2 is 1.93 bits per heavy atom. The summed E-state index contributed by atoms with van der Waals surface area (Å²) >= 11 is 5.91. The molecule has 78 valence electrons. The van der Waals surface area contributed by atoms with Crippen LogP contribution in [0, 0.1) is 5.82 Å². The van der Waals surface area contributed by atoms with Gasteiger partial charge in [-0.15, -0.1) is 0 Å². The first-order valence-electron chi connectivity index (χ1n) is 4.71. The summed E-state index contributed by atoms with van der Waals surface area (Å²) in [5.74, 6) is -0.371. The molecule has 0 atom stereocenters. The Morgan fingerprint density at radius 1 is 1.36 bits per heavy atom. The van der Waals surface area contributed by atoms with Crippen LogP contribution < -0.4 is 0 Å². The lowest BCUT2D eigenvalue weighted by molar-refractivity contribution is 0.0282. The van der Waals surface area contributed by atoms with Crippen molar-refractivity contribution in [1.82, 2.24) is 0 Å². The average molecular weight is 217 g/mol. The molecular weight excluding hydrogens is 203 g/mol. The first kappa shape index (κ1) is 11.5. The third kappa shape index (κ3) is 2.07. The van der Waals surface area contributed by atoms with Crippen LogP contribution in [0.2, 0.25) is 5.02 Å². The molecule has 0 aliphatic heterocycles. The van der Waals surface area contributed by atoms with E-state index < -0.39 is 5.60 Å². The van der Waals surface area contributed by atoms with E-state index in [1.165, 1.54) is 18.2 Å². The van der Waals surface area contributed by atoms with E-state index in [0.717, 1.165) is 0 Å². The maximum atomic E-state index is 13.0. The van der Waals surface area contributed by atoms with E-state index in [1.54, 1.807) is 0 Å². The van der Waals surface area contributed by atoms with Crippen molar-refractivity contribution < 1.29 is 9.50 Å². The summed E-state index contributed by atoms with van der Waals surface area (Å²) in [6.07, 6.45) is 1.04. The summed E-state index contributed by atoms with van der Waals surface area (Å²) in [7, 11) is 0. The minimum atomic E-state index is -1.01. The van der Waals surface area contributed by atoms with Crippen molar-refractivity contribution in [3.8, 4) is 0 Å². The van der Waals surface area contributed by atoms with Gasteiger partial charge in [-0.2, -0.15) is 0 Å². The molecule has 0 bridgehead atoms. The topological polar surface area (TPSA) is 20.2 Å². The zero-order valence-electron chi connectivity index (χ0n) is 8.35. The molecule has 1 N–H and O–H groups in total. The zero-order valence-corrected chi connectivity index (χ0v) is 9.11. The molecule has 1 rings (SSSR count). The number of rotatable bonds is 3. The minimum absolute atomic E-state index is 0.371. The van der Waals surface area contributed by atoms with Crippen LogP contribution >= 0.6 is 11.6 Å². The van der Waals surface area contributed by atoms with Gasteiger partial charge in [-0.1, -0.05) is 25.4 Å². The average Bonchev–Trinajstić information content (AvgIpc) is 2.20. The largest absolute Gasteiger partial charge is 0.385 e. The van der Waals surface area contributed by atoms with E-state index in [0.29, 0.717) is 23.4 Å². The van der Waals surface area contributed by atoms with Gasteiger partial charge in [0.15, 0.2) is 0 Å². The van der Waals surface area contributed by atoms with Gasteiger partial charge in [-0.05, 0) is 31.0 Å². The summed E-state index contributed by atoms with van der Waals surface area (Å²) in [6, 6.07) is 4.06. The van der Waals surface area contributed by atoms with Gasteiger partial charge in [0.25, 0.3) is 0 Å². The second kappa shape index (κ2) is 4.28. The molecule has 0 amide bonds. The van der Waals surface area contributed by atoms with Crippen LogP contribution in [0.25, 0.3) is 0 Å². The smallest absolute Gasteiger partial charge is 0.123 e. The maximum absolute atomic E-state index is 13.0. The molecule has 1 aromatic rings. The van der Waals surface area contributed by atoms with Crippen molar-refractivity contribution in [2.45, 2.75) is 32.3 Å². The molecule has 14 heavy (non-hydrogen) atoms. The van der Waals surface area contributed by atoms with Gasteiger partial charge >= 0.3 is 0 Å². The lowest BCUT2D eigenvalue weighted by Gasteiger charge is -2.26. The zero-order chi connectivity index (χ0) is 10.8. The lowest BCUT2D eigenvalue weighted by Crippen LogP contribution is -2.24. The summed E-state index contributed by atoms with van der Waals surface area (Å²) in [4.78, 5) is 0. The molecule has 0 saturated carbocycles. The van der Waals surface area contributed by atoms with E-state index in [2.05, 4.69) is 0 Å². The molecule has 0 saturated heterocycles. The first-order chi connectivity index (χ1) is 6.53. The number of halogens is 2. The van der Waals surface area contributed by atoms with Gasteiger partial charge in [0, 0.05) is 10.6 Å². The maximum Gasteiger partial charge on any atom is 0.123 e. The van der Waals surface area contributed by atoms with Crippen molar-refractivity contribution in [2.75, 3.05) is 0 Å². The standard InChI is InChI=1S/C11H14ClFO/c1-3-11(14,4-2)9-7-8(13)5-6-10(9)12/h5-7,14H,3-4H2,1-2H3. The predicted molar refractivity (Wildman–Crippen MR) is 55.9 cm³/mol. The fraction of sp³-hybridized carbons (Fsp3) is 0.455. The van der Waals surface area contributed by atoms with E-state index in [-0.39, 0.29) is 5.82 Å². The Bertz CT molecular complexity index is 321. The number of hydrogen-bond acceptors (Lipinski definition) is 1. The van der Waals surface area contributed by atoms with E-state index in [9.17, 15) is 9.50 Å². The van der Waals surface area contributed by atoms with Gasteiger partial charge in [0.2, 0.25) is 0 Å². The highest BCUT2D eigenvalue weighted by molar-refractivity contribution is 6.31. The molecule has 1 aromatic carbocycles. The third-order valence-corrected chi connectivity index (χ3v) is 2.93. The quantitative estimate of drug-likeness (QED) is 0.820. The van der Waals surface area contributed by atoms with Crippen molar-refractivity contribution in [2.24, 2.45) is 0 Å². The lowest BCUT2D eigenvalue weighted by atomic mass is 9.88. The van der Waals surface area contributed by atoms with Crippen LogP contribution in [0.3, 0.4) is 0 Å². The second-order valence-electron chi connectivity index (χ2n) is 3.36. The monoisotopic (exact) mass is 216 g/mol. The Kier molecular flexibility index (Phi) is 3.51.